The molecular formula is C15H11NO2S. The van der Waals surface area contributed by atoms with Gasteiger partial charge in [0.15, 0.2) is 11.0 Å². The van der Waals surface area contributed by atoms with Crippen LogP contribution in [0.4, 0.5) is 5.69 Å². The Hall–Kier alpha value is -2.07. The van der Waals surface area contributed by atoms with Crippen LogP contribution in [0.15, 0.2) is 59.5 Å². The van der Waals surface area contributed by atoms with Crippen molar-refractivity contribution in [3.8, 4) is 0 Å². The van der Waals surface area contributed by atoms with E-state index in [-0.39, 0.29) is 11.7 Å². The number of amides is 1. The van der Waals surface area contributed by atoms with Crippen LogP contribution >= 0.6 is 11.8 Å². The highest BCUT2D eigenvalue weighted by Crippen LogP contribution is 2.32. The van der Waals surface area contributed by atoms with Crippen LogP contribution in [0.3, 0.4) is 0 Å². The van der Waals surface area contributed by atoms with Crippen molar-refractivity contribution in [2.24, 2.45) is 0 Å². The molecule has 0 spiro atoms. The molecule has 0 radical (unpaired) electrons. The van der Waals surface area contributed by atoms with E-state index in [1.807, 2.05) is 30.3 Å². The van der Waals surface area contributed by atoms with E-state index in [9.17, 15) is 9.59 Å². The lowest BCUT2D eigenvalue weighted by Crippen LogP contribution is -2.37. The average molecular weight is 269 g/mol. The molecule has 1 aliphatic heterocycles. The second-order valence-corrected chi connectivity index (χ2v) is 5.39. The van der Waals surface area contributed by atoms with Crippen molar-refractivity contribution >= 4 is 29.1 Å². The molecule has 3 rings (SSSR count). The maximum Gasteiger partial charge on any atom is 0.245 e. The van der Waals surface area contributed by atoms with E-state index in [1.54, 1.807) is 24.3 Å². The number of thioether (sulfide) groups is 1. The first-order chi connectivity index (χ1) is 9.25. The highest BCUT2D eigenvalue weighted by Gasteiger charge is 2.34. The molecule has 19 heavy (non-hydrogen) atoms. The minimum absolute atomic E-state index is 0.131. The predicted octanol–water partition coefficient (Wildman–Crippen LogP) is 2.98. The second-order valence-electron chi connectivity index (χ2n) is 4.21. The summed E-state index contributed by atoms with van der Waals surface area (Å²) < 4.78 is 0. The van der Waals surface area contributed by atoms with Crippen molar-refractivity contribution < 1.29 is 9.59 Å². The van der Waals surface area contributed by atoms with Crippen molar-refractivity contribution in [2.75, 3.05) is 5.32 Å². The Morgan fingerprint density at radius 2 is 1.58 bits per heavy atom. The van der Waals surface area contributed by atoms with Gasteiger partial charge in [-0.2, -0.15) is 0 Å². The zero-order chi connectivity index (χ0) is 13.2. The van der Waals surface area contributed by atoms with Gasteiger partial charge in [0.1, 0.15) is 0 Å². The van der Waals surface area contributed by atoms with E-state index in [2.05, 4.69) is 5.32 Å². The summed E-state index contributed by atoms with van der Waals surface area (Å²) in [4.78, 5) is 25.3. The highest BCUT2D eigenvalue weighted by atomic mass is 32.2. The number of rotatable bonds is 2. The van der Waals surface area contributed by atoms with Gasteiger partial charge in [-0.1, -0.05) is 30.3 Å². The van der Waals surface area contributed by atoms with Crippen molar-refractivity contribution in [2.45, 2.75) is 10.1 Å². The summed E-state index contributed by atoms with van der Waals surface area (Å²) in [6.07, 6.45) is 0. The van der Waals surface area contributed by atoms with Crippen LogP contribution in [-0.4, -0.2) is 16.9 Å². The number of fused-ring (bicyclic) bond motifs is 1. The standard InChI is InChI=1S/C15H11NO2S/c17-13-11-8-4-5-9-12(11)16-15(18)14(13)19-10-6-2-1-3-7-10/h1-9,14H,(H,16,18). The fraction of sp³-hybridized carbons (Fsp3) is 0.0667. The Balaban J connectivity index is 1.92. The van der Waals surface area contributed by atoms with Crippen LogP contribution < -0.4 is 5.32 Å². The molecule has 0 fully saturated rings. The topological polar surface area (TPSA) is 46.2 Å². The third kappa shape index (κ3) is 2.27. The summed E-state index contributed by atoms with van der Waals surface area (Å²) in [5, 5.41) is 2.07. The monoisotopic (exact) mass is 269 g/mol. The van der Waals surface area contributed by atoms with Crippen LogP contribution in [0.5, 0.6) is 0 Å². The van der Waals surface area contributed by atoms with Crippen LogP contribution in [0, 0.1) is 0 Å². The maximum atomic E-state index is 12.3. The summed E-state index contributed by atoms with van der Waals surface area (Å²) in [5.74, 6) is -0.384. The maximum absolute atomic E-state index is 12.3. The molecule has 2 aromatic carbocycles. The predicted molar refractivity (Wildman–Crippen MR) is 75.5 cm³/mol. The minimum atomic E-state index is -0.711. The van der Waals surface area contributed by atoms with Gasteiger partial charge in [-0.05, 0) is 24.3 Å². The largest absolute Gasteiger partial charge is 0.324 e. The van der Waals surface area contributed by atoms with Gasteiger partial charge in [0.2, 0.25) is 5.91 Å². The molecule has 1 atom stereocenters. The second kappa shape index (κ2) is 4.90. The normalized spacial score (nSPS) is 17.8. The zero-order valence-electron chi connectivity index (χ0n) is 10.00. The Labute approximate surface area is 115 Å². The molecule has 1 N–H and O–H groups in total. The van der Waals surface area contributed by atoms with E-state index >= 15 is 0 Å². The van der Waals surface area contributed by atoms with E-state index in [0.717, 1.165) is 4.90 Å². The van der Waals surface area contributed by atoms with E-state index in [4.69, 9.17) is 0 Å². The summed E-state index contributed by atoms with van der Waals surface area (Å²) in [5.41, 5.74) is 1.18. The third-order valence-electron chi connectivity index (χ3n) is 2.92. The van der Waals surface area contributed by atoms with E-state index < -0.39 is 5.25 Å². The fourth-order valence-corrected chi connectivity index (χ4v) is 2.99. The molecular weight excluding hydrogens is 258 g/mol. The van der Waals surface area contributed by atoms with Gasteiger partial charge < -0.3 is 5.32 Å². The van der Waals surface area contributed by atoms with Crippen molar-refractivity contribution in [3.05, 3.63) is 60.2 Å². The molecule has 3 nitrogen and oxygen atoms in total. The Morgan fingerprint density at radius 3 is 2.37 bits per heavy atom. The summed E-state index contributed by atoms with van der Waals surface area (Å²) in [6, 6.07) is 16.6. The molecule has 1 aliphatic rings. The molecule has 0 saturated carbocycles. The van der Waals surface area contributed by atoms with Gasteiger partial charge >= 0.3 is 0 Å². The number of anilines is 1. The lowest BCUT2D eigenvalue weighted by Gasteiger charge is -2.22. The highest BCUT2D eigenvalue weighted by molar-refractivity contribution is 8.01. The molecule has 2 aromatic rings. The molecule has 1 heterocycles. The summed E-state index contributed by atoms with van der Waals surface area (Å²) >= 11 is 1.28. The number of ketones is 1. The number of Topliss-reactive ketones (excluding diaryl/α,β-unsaturated/α-hetero) is 1. The molecule has 1 unspecified atom stereocenters. The number of hydrogen-bond donors (Lipinski definition) is 1. The van der Waals surface area contributed by atoms with Crippen LogP contribution in [-0.2, 0) is 4.79 Å². The summed E-state index contributed by atoms with van der Waals surface area (Å²) in [7, 11) is 0. The van der Waals surface area contributed by atoms with E-state index in [1.165, 1.54) is 11.8 Å². The van der Waals surface area contributed by atoms with Gasteiger partial charge in [-0.15, -0.1) is 11.8 Å². The average Bonchev–Trinajstić information content (AvgIpc) is 2.45. The first kappa shape index (κ1) is 12.0. The minimum Gasteiger partial charge on any atom is -0.324 e. The number of para-hydroxylation sites is 1. The SMILES string of the molecule is O=C1Nc2ccccc2C(=O)C1Sc1ccccc1. The van der Waals surface area contributed by atoms with E-state index in [0.29, 0.717) is 11.3 Å². The smallest absolute Gasteiger partial charge is 0.245 e. The number of benzene rings is 2. The lowest BCUT2D eigenvalue weighted by molar-refractivity contribution is -0.115. The van der Waals surface area contributed by atoms with Gasteiger partial charge in [0.25, 0.3) is 0 Å². The molecule has 94 valence electrons. The van der Waals surface area contributed by atoms with Gasteiger partial charge in [0, 0.05) is 10.5 Å². The van der Waals surface area contributed by atoms with Crippen LogP contribution in [0.2, 0.25) is 0 Å². The first-order valence-corrected chi connectivity index (χ1v) is 6.79. The number of carbonyl (C=O) groups is 2. The van der Waals surface area contributed by atoms with Crippen molar-refractivity contribution in [3.63, 3.8) is 0 Å². The summed E-state index contributed by atoms with van der Waals surface area (Å²) in [6.45, 7) is 0. The number of nitrogens with one attached hydrogen (secondary N) is 1. The van der Waals surface area contributed by atoms with Crippen molar-refractivity contribution in [1.29, 1.82) is 0 Å². The van der Waals surface area contributed by atoms with Gasteiger partial charge in [-0.25, -0.2) is 0 Å². The Bertz CT molecular complexity index is 640. The molecule has 0 aliphatic carbocycles. The number of carbonyl (C=O) groups excluding carboxylic acids is 2. The first-order valence-electron chi connectivity index (χ1n) is 5.91. The van der Waals surface area contributed by atoms with Gasteiger partial charge in [0.05, 0.1) is 5.69 Å². The molecule has 0 aromatic heterocycles. The zero-order valence-corrected chi connectivity index (χ0v) is 10.8. The quantitative estimate of drug-likeness (QED) is 0.852. The Kier molecular flexibility index (Phi) is 3.09. The van der Waals surface area contributed by atoms with Crippen LogP contribution in [0.25, 0.3) is 0 Å². The van der Waals surface area contributed by atoms with Gasteiger partial charge in [-0.3, -0.25) is 9.59 Å². The number of hydrogen-bond acceptors (Lipinski definition) is 3. The molecule has 0 bridgehead atoms. The lowest BCUT2D eigenvalue weighted by atomic mass is 10.0. The molecule has 0 saturated heterocycles. The van der Waals surface area contributed by atoms with Crippen LogP contribution in [0.1, 0.15) is 10.4 Å². The molecule has 4 heteroatoms. The van der Waals surface area contributed by atoms with Crippen molar-refractivity contribution in [1.82, 2.24) is 0 Å². The fourth-order valence-electron chi connectivity index (χ4n) is 2.01. The molecule has 1 amide bonds. The Morgan fingerprint density at radius 1 is 0.895 bits per heavy atom. The third-order valence-corrected chi connectivity index (χ3v) is 4.13.